The maximum atomic E-state index is 13.3. The van der Waals surface area contributed by atoms with Gasteiger partial charge >= 0.3 is 6.18 Å². The van der Waals surface area contributed by atoms with Crippen LogP contribution < -0.4 is 9.62 Å². The number of nitrogens with zero attached hydrogens (tertiary/aromatic N) is 1. The van der Waals surface area contributed by atoms with Gasteiger partial charge in [-0.05, 0) is 46.7 Å². The van der Waals surface area contributed by atoms with Crippen molar-refractivity contribution in [1.82, 2.24) is 5.32 Å². The fraction of sp³-hybridized carbons (Fsp3) is 0.115. The molecule has 0 aliphatic rings. The van der Waals surface area contributed by atoms with E-state index in [1.807, 2.05) is 42.5 Å². The summed E-state index contributed by atoms with van der Waals surface area (Å²) in [7, 11) is -4.32. The van der Waals surface area contributed by atoms with E-state index in [1.165, 1.54) is 30.3 Å². The van der Waals surface area contributed by atoms with Crippen molar-refractivity contribution in [3.63, 3.8) is 0 Å². The summed E-state index contributed by atoms with van der Waals surface area (Å²) in [5.74, 6) is -0.658. The number of rotatable bonds is 7. The molecule has 4 aromatic carbocycles. The minimum absolute atomic E-state index is 0.127. The molecule has 5 nitrogen and oxygen atoms in total. The number of hydrogen-bond acceptors (Lipinski definition) is 3. The fourth-order valence-corrected chi connectivity index (χ4v) is 5.13. The number of sulfonamides is 1. The number of carbonyl (C=O) groups is 1. The third-order valence-corrected chi connectivity index (χ3v) is 7.22. The summed E-state index contributed by atoms with van der Waals surface area (Å²) in [6.45, 7) is -0.564. The van der Waals surface area contributed by atoms with Crippen LogP contribution in [0, 0.1) is 0 Å². The van der Waals surface area contributed by atoms with Gasteiger partial charge in [0.1, 0.15) is 6.54 Å². The van der Waals surface area contributed by atoms with Gasteiger partial charge in [-0.2, -0.15) is 13.2 Å². The molecule has 0 aliphatic heterocycles. The van der Waals surface area contributed by atoms with E-state index in [9.17, 15) is 26.4 Å². The quantitative estimate of drug-likeness (QED) is 0.373. The average molecular weight is 499 g/mol. The predicted molar refractivity (Wildman–Crippen MR) is 128 cm³/mol. The third-order valence-electron chi connectivity index (χ3n) is 5.44. The summed E-state index contributed by atoms with van der Waals surface area (Å²) < 4.78 is 67.3. The monoisotopic (exact) mass is 498 g/mol. The first-order chi connectivity index (χ1) is 16.7. The van der Waals surface area contributed by atoms with Crippen molar-refractivity contribution in [2.75, 3.05) is 10.8 Å². The Kier molecular flexibility index (Phi) is 6.79. The number of fused-ring (bicyclic) bond motifs is 1. The second kappa shape index (κ2) is 9.79. The standard InChI is InChI=1S/C26H21F3N2O3S/c27-26(28,29)21-11-7-12-22(16-21)31(35(33,34)23-13-2-1-3-14-23)18-25(32)30-17-20-10-6-9-19-8-4-5-15-24(19)20/h1-16H,17-18H2,(H,30,32). The Morgan fingerprint density at radius 1 is 0.829 bits per heavy atom. The number of nitrogens with one attached hydrogen (secondary N) is 1. The Labute approximate surface area is 200 Å². The number of carbonyl (C=O) groups excluding carboxylic acids is 1. The molecule has 1 N–H and O–H groups in total. The number of amides is 1. The molecule has 9 heteroatoms. The van der Waals surface area contributed by atoms with Crippen molar-refractivity contribution in [3.8, 4) is 0 Å². The number of halogens is 3. The lowest BCUT2D eigenvalue weighted by Gasteiger charge is -2.25. The van der Waals surface area contributed by atoms with E-state index < -0.39 is 34.2 Å². The van der Waals surface area contributed by atoms with E-state index in [1.54, 1.807) is 6.07 Å². The highest BCUT2D eigenvalue weighted by Gasteiger charge is 2.33. The lowest BCUT2D eigenvalue weighted by Crippen LogP contribution is -2.40. The highest BCUT2D eigenvalue weighted by Crippen LogP contribution is 2.33. The molecule has 0 aromatic heterocycles. The van der Waals surface area contributed by atoms with Crippen molar-refractivity contribution in [3.05, 3.63) is 108 Å². The maximum Gasteiger partial charge on any atom is 0.416 e. The molecule has 0 radical (unpaired) electrons. The maximum absolute atomic E-state index is 13.3. The van der Waals surface area contributed by atoms with Gasteiger partial charge in [-0.1, -0.05) is 66.7 Å². The van der Waals surface area contributed by atoms with Crippen LogP contribution in [0.3, 0.4) is 0 Å². The van der Waals surface area contributed by atoms with Crippen molar-refractivity contribution < 1.29 is 26.4 Å². The van der Waals surface area contributed by atoms with Gasteiger partial charge in [0.2, 0.25) is 5.91 Å². The molecule has 0 unspecified atom stereocenters. The number of benzene rings is 4. The van der Waals surface area contributed by atoms with E-state index in [0.29, 0.717) is 4.31 Å². The molecule has 4 aromatic rings. The smallest absolute Gasteiger partial charge is 0.350 e. The molecular weight excluding hydrogens is 477 g/mol. The molecule has 1 amide bonds. The van der Waals surface area contributed by atoms with Gasteiger partial charge in [0.15, 0.2) is 0 Å². The average Bonchev–Trinajstić information content (AvgIpc) is 2.86. The van der Waals surface area contributed by atoms with E-state index in [0.717, 1.165) is 34.5 Å². The van der Waals surface area contributed by atoms with Gasteiger partial charge in [0.25, 0.3) is 10.0 Å². The van der Waals surface area contributed by atoms with Crippen LogP contribution in [0.4, 0.5) is 18.9 Å². The molecular formula is C26H21F3N2O3S. The minimum atomic E-state index is -4.67. The van der Waals surface area contributed by atoms with Crippen molar-refractivity contribution >= 4 is 32.4 Å². The summed E-state index contributed by atoms with van der Waals surface area (Å²) in [4.78, 5) is 12.7. The van der Waals surface area contributed by atoms with Crippen molar-refractivity contribution in [2.24, 2.45) is 0 Å². The lowest BCUT2D eigenvalue weighted by atomic mass is 10.0. The van der Waals surface area contributed by atoms with Crippen LogP contribution in [0.5, 0.6) is 0 Å². The Bertz CT molecular complexity index is 1450. The molecule has 0 bridgehead atoms. The molecule has 0 aliphatic carbocycles. The molecule has 4 rings (SSSR count). The van der Waals surface area contributed by atoms with Gasteiger partial charge in [-0.25, -0.2) is 8.42 Å². The van der Waals surface area contributed by atoms with E-state index in [4.69, 9.17) is 0 Å². The normalized spacial score (nSPS) is 11.9. The summed E-state index contributed by atoms with van der Waals surface area (Å²) in [5.41, 5.74) is -0.448. The lowest BCUT2D eigenvalue weighted by molar-refractivity contribution is -0.137. The SMILES string of the molecule is O=C(CN(c1cccc(C(F)(F)F)c1)S(=O)(=O)c1ccccc1)NCc1cccc2ccccc12. The van der Waals surface area contributed by atoms with Crippen LogP contribution in [0.15, 0.2) is 102 Å². The topological polar surface area (TPSA) is 66.5 Å². The van der Waals surface area contributed by atoms with Crippen LogP contribution in [-0.4, -0.2) is 20.9 Å². The molecule has 0 atom stereocenters. The zero-order valence-corrected chi connectivity index (χ0v) is 19.2. The van der Waals surface area contributed by atoms with Gasteiger partial charge in [-0.3, -0.25) is 9.10 Å². The summed E-state index contributed by atoms with van der Waals surface area (Å²) in [6, 6.07) is 24.4. The van der Waals surface area contributed by atoms with Crippen LogP contribution in [0.25, 0.3) is 10.8 Å². The Balaban J connectivity index is 1.63. The Morgan fingerprint density at radius 3 is 2.23 bits per heavy atom. The van der Waals surface area contributed by atoms with Crippen LogP contribution >= 0.6 is 0 Å². The third kappa shape index (κ3) is 5.46. The van der Waals surface area contributed by atoms with Gasteiger partial charge < -0.3 is 5.32 Å². The number of hydrogen-bond donors (Lipinski definition) is 1. The summed E-state index contributed by atoms with van der Waals surface area (Å²) in [6.07, 6.45) is -4.67. The fourth-order valence-electron chi connectivity index (χ4n) is 3.70. The second-order valence-electron chi connectivity index (χ2n) is 7.79. The van der Waals surface area contributed by atoms with Gasteiger partial charge in [0.05, 0.1) is 16.1 Å². The molecule has 35 heavy (non-hydrogen) atoms. The zero-order chi connectivity index (χ0) is 25.1. The minimum Gasteiger partial charge on any atom is -0.350 e. The first-order valence-corrected chi connectivity index (χ1v) is 12.1. The first kappa shape index (κ1) is 24.3. The van der Waals surface area contributed by atoms with E-state index in [2.05, 4.69) is 5.32 Å². The Morgan fingerprint density at radius 2 is 1.49 bits per heavy atom. The first-order valence-electron chi connectivity index (χ1n) is 10.6. The van der Waals surface area contributed by atoms with Gasteiger partial charge in [0, 0.05) is 6.54 Å². The highest BCUT2D eigenvalue weighted by atomic mass is 32.2. The second-order valence-corrected chi connectivity index (χ2v) is 9.65. The predicted octanol–water partition coefficient (Wildman–Crippen LogP) is 5.37. The zero-order valence-electron chi connectivity index (χ0n) is 18.4. The summed E-state index contributed by atoms with van der Waals surface area (Å²) in [5, 5.41) is 4.61. The van der Waals surface area contributed by atoms with Gasteiger partial charge in [-0.15, -0.1) is 0 Å². The number of alkyl halides is 3. The van der Waals surface area contributed by atoms with E-state index in [-0.39, 0.29) is 17.1 Å². The molecule has 0 fully saturated rings. The van der Waals surface area contributed by atoms with E-state index >= 15 is 0 Å². The summed E-state index contributed by atoms with van der Waals surface area (Å²) >= 11 is 0. The van der Waals surface area contributed by atoms with Crippen LogP contribution in [0.2, 0.25) is 0 Å². The Hall–Kier alpha value is -3.85. The molecule has 0 heterocycles. The highest BCUT2D eigenvalue weighted by molar-refractivity contribution is 7.92. The van der Waals surface area contributed by atoms with Crippen molar-refractivity contribution in [1.29, 1.82) is 0 Å². The molecule has 0 saturated carbocycles. The largest absolute Gasteiger partial charge is 0.416 e. The van der Waals surface area contributed by atoms with Crippen molar-refractivity contribution in [2.45, 2.75) is 17.6 Å². The molecule has 0 spiro atoms. The molecule has 0 saturated heterocycles. The number of anilines is 1. The van der Waals surface area contributed by atoms with Crippen LogP contribution in [-0.2, 0) is 27.5 Å². The van der Waals surface area contributed by atoms with Crippen LogP contribution in [0.1, 0.15) is 11.1 Å². The molecule has 180 valence electrons.